The van der Waals surface area contributed by atoms with Crippen LogP contribution in [0.2, 0.25) is 0 Å². The molecule has 0 radical (unpaired) electrons. The van der Waals surface area contributed by atoms with Gasteiger partial charge in [0.1, 0.15) is 0 Å². The van der Waals surface area contributed by atoms with E-state index >= 15 is 0 Å². The van der Waals surface area contributed by atoms with Gasteiger partial charge in [-0.05, 0) is 18.1 Å². The van der Waals surface area contributed by atoms with Gasteiger partial charge in [-0.1, -0.05) is 25.1 Å². The molecule has 2 heterocycles. The van der Waals surface area contributed by atoms with Crippen LogP contribution in [0, 0.1) is 0 Å². The molecule has 1 unspecified atom stereocenters. The summed E-state index contributed by atoms with van der Waals surface area (Å²) in [5.74, 6) is 0. The van der Waals surface area contributed by atoms with Crippen molar-refractivity contribution < 1.29 is 4.74 Å². The molecule has 2 N–H and O–H groups in total. The molecule has 3 aromatic rings. The molecule has 0 saturated carbocycles. The molecule has 3 rings (SSSR count). The second-order valence-corrected chi connectivity index (χ2v) is 5.42. The van der Waals surface area contributed by atoms with Gasteiger partial charge in [0.05, 0.1) is 17.5 Å². The van der Waals surface area contributed by atoms with E-state index in [4.69, 9.17) is 4.74 Å². The molecule has 0 aliphatic carbocycles. The number of hydrogen-bond acceptors (Lipinski definition) is 3. The van der Waals surface area contributed by atoms with E-state index in [1.54, 1.807) is 13.3 Å². The topological polar surface area (TPSA) is 66.6 Å². The molecule has 0 bridgehead atoms. The quantitative estimate of drug-likeness (QED) is 0.731. The number of nitrogens with one attached hydrogen (secondary N) is 2. The van der Waals surface area contributed by atoms with Gasteiger partial charge in [-0.15, -0.1) is 0 Å². The normalized spacial score (nSPS) is 14.4. The largest absolute Gasteiger partial charge is 0.377 e. The van der Waals surface area contributed by atoms with Crippen LogP contribution in [-0.2, 0) is 17.6 Å². The minimum atomic E-state index is -0.262. The van der Waals surface area contributed by atoms with Crippen LogP contribution < -0.4 is 0 Å². The first-order valence-corrected chi connectivity index (χ1v) is 7.21. The van der Waals surface area contributed by atoms with Gasteiger partial charge in [0.25, 0.3) is 0 Å². The lowest BCUT2D eigenvalue weighted by Crippen LogP contribution is -2.36. The van der Waals surface area contributed by atoms with Gasteiger partial charge in [0.2, 0.25) is 0 Å². The monoisotopic (exact) mass is 284 g/mol. The number of hydrogen-bond donors (Lipinski definition) is 2. The number of rotatable bonds is 6. The number of aromatic nitrogens is 4. The lowest BCUT2D eigenvalue weighted by atomic mass is 9.87. The molecule has 0 saturated heterocycles. The van der Waals surface area contributed by atoms with Gasteiger partial charge >= 0.3 is 0 Å². The second kappa shape index (κ2) is 5.69. The first kappa shape index (κ1) is 13.8. The van der Waals surface area contributed by atoms with E-state index in [0.717, 1.165) is 30.5 Å². The molecule has 110 valence electrons. The van der Waals surface area contributed by atoms with Crippen molar-refractivity contribution in [3.63, 3.8) is 0 Å². The zero-order chi connectivity index (χ0) is 14.7. The lowest BCUT2D eigenvalue weighted by Gasteiger charge is -2.30. The Kier molecular flexibility index (Phi) is 3.75. The first-order valence-electron chi connectivity index (χ1n) is 7.21. The molecule has 1 atom stereocenters. The summed E-state index contributed by atoms with van der Waals surface area (Å²) in [6, 6.07) is 8.35. The Hall–Kier alpha value is -2.14. The smallest absolute Gasteiger partial charge is 0.0853 e. The summed E-state index contributed by atoms with van der Waals surface area (Å²) in [7, 11) is 1.78. The van der Waals surface area contributed by atoms with Gasteiger partial charge in [0, 0.05) is 37.1 Å². The number of aromatic amines is 2. The summed E-state index contributed by atoms with van der Waals surface area (Å²) in [6.07, 6.45) is 6.35. The van der Waals surface area contributed by atoms with Crippen molar-refractivity contribution in [1.82, 2.24) is 20.4 Å². The molecule has 2 aromatic heterocycles. The Bertz CT molecular complexity index is 698. The van der Waals surface area contributed by atoms with Crippen molar-refractivity contribution >= 4 is 10.9 Å². The molecular formula is C16H20N4O. The van der Waals surface area contributed by atoms with E-state index in [1.807, 2.05) is 6.07 Å². The van der Waals surface area contributed by atoms with E-state index in [2.05, 4.69) is 51.7 Å². The first-order chi connectivity index (χ1) is 10.3. The number of para-hydroxylation sites is 1. The van der Waals surface area contributed by atoms with Gasteiger partial charge in [-0.3, -0.25) is 0 Å². The number of methoxy groups -OCH3 is 1. The SMILES string of the molecule is CCC(Cc1cn[nH]n1)(Cc1c[nH]c2ccccc12)OC. The van der Waals surface area contributed by atoms with E-state index < -0.39 is 0 Å². The van der Waals surface area contributed by atoms with Crippen molar-refractivity contribution in [3.8, 4) is 0 Å². The van der Waals surface area contributed by atoms with E-state index in [9.17, 15) is 0 Å². The molecule has 0 fully saturated rings. The summed E-state index contributed by atoms with van der Waals surface area (Å²) in [4.78, 5) is 3.33. The summed E-state index contributed by atoms with van der Waals surface area (Å²) in [5, 5.41) is 12.0. The van der Waals surface area contributed by atoms with Crippen molar-refractivity contribution in [3.05, 3.63) is 47.9 Å². The summed E-state index contributed by atoms with van der Waals surface area (Å²) in [5.41, 5.74) is 3.10. The maximum atomic E-state index is 5.89. The van der Waals surface area contributed by atoms with E-state index in [0.29, 0.717) is 0 Å². The van der Waals surface area contributed by atoms with Crippen molar-refractivity contribution in [2.75, 3.05) is 7.11 Å². The predicted octanol–water partition coefficient (Wildman–Crippen LogP) is 2.87. The van der Waals surface area contributed by atoms with Crippen LogP contribution in [0.15, 0.2) is 36.7 Å². The molecule has 21 heavy (non-hydrogen) atoms. The van der Waals surface area contributed by atoms with Crippen LogP contribution in [0.5, 0.6) is 0 Å². The van der Waals surface area contributed by atoms with E-state index in [1.165, 1.54) is 10.9 Å². The third-order valence-corrected chi connectivity index (χ3v) is 4.23. The highest BCUT2D eigenvalue weighted by Gasteiger charge is 2.30. The van der Waals surface area contributed by atoms with Crippen LogP contribution >= 0.6 is 0 Å². The van der Waals surface area contributed by atoms with Gasteiger partial charge < -0.3 is 9.72 Å². The highest BCUT2D eigenvalue weighted by molar-refractivity contribution is 5.83. The average Bonchev–Trinajstić information content (AvgIpc) is 3.17. The number of H-pyrrole nitrogens is 2. The molecule has 0 aliphatic heterocycles. The van der Waals surface area contributed by atoms with Crippen molar-refractivity contribution in [2.24, 2.45) is 0 Å². The van der Waals surface area contributed by atoms with Crippen LogP contribution in [0.3, 0.4) is 0 Å². The second-order valence-electron chi connectivity index (χ2n) is 5.42. The van der Waals surface area contributed by atoms with E-state index in [-0.39, 0.29) is 5.60 Å². The average molecular weight is 284 g/mol. The van der Waals surface area contributed by atoms with Crippen LogP contribution in [-0.4, -0.2) is 33.1 Å². The zero-order valence-electron chi connectivity index (χ0n) is 12.4. The fraction of sp³-hybridized carbons (Fsp3) is 0.375. The summed E-state index contributed by atoms with van der Waals surface area (Å²) in [6.45, 7) is 2.15. The standard InChI is InChI=1S/C16H20N4O/c1-3-16(21-2,9-13-11-18-20-19-13)8-12-10-17-15-7-5-4-6-14(12)15/h4-7,10-11,17H,3,8-9H2,1-2H3,(H,18,19,20). The zero-order valence-corrected chi connectivity index (χ0v) is 12.4. The third-order valence-electron chi connectivity index (χ3n) is 4.23. The molecule has 0 spiro atoms. The van der Waals surface area contributed by atoms with Gasteiger partial charge in [0.15, 0.2) is 0 Å². The van der Waals surface area contributed by atoms with Gasteiger partial charge in [-0.25, -0.2) is 0 Å². The molecular weight excluding hydrogens is 264 g/mol. The summed E-state index contributed by atoms with van der Waals surface area (Å²) < 4.78 is 5.89. The van der Waals surface area contributed by atoms with Crippen molar-refractivity contribution in [2.45, 2.75) is 31.8 Å². The number of nitrogens with zero attached hydrogens (tertiary/aromatic N) is 2. The Labute approximate surface area is 123 Å². The molecule has 5 heteroatoms. The third kappa shape index (κ3) is 2.69. The fourth-order valence-corrected chi connectivity index (χ4v) is 2.87. The van der Waals surface area contributed by atoms with Gasteiger partial charge in [-0.2, -0.15) is 15.4 Å². The van der Waals surface area contributed by atoms with Crippen LogP contribution in [0.25, 0.3) is 10.9 Å². The Morgan fingerprint density at radius 3 is 2.81 bits per heavy atom. The fourth-order valence-electron chi connectivity index (χ4n) is 2.87. The Balaban J connectivity index is 1.91. The number of benzene rings is 1. The molecule has 0 aliphatic rings. The Morgan fingerprint density at radius 2 is 2.10 bits per heavy atom. The molecule has 5 nitrogen and oxygen atoms in total. The maximum Gasteiger partial charge on any atom is 0.0853 e. The van der Waals surface area contributed by atoms with Crippen LogP contribution in [0.1, 0.15) is 24.6 Å². The molecule has 1 aromatic carbocycles. The predicted molar refractivity (Wildman–Crippen MR) is 82.1 cm³/mol. The number of ether oxygens (including phenoxy) is 1. The highest BCUT2D eigenvalue weighted by atomic mass is 16.5. The maximum absolute atomic E-state index is 5.89. The lowest BCUT2D eigenvalue weighted by molar-refractivity contribution is -0.0134. The molecule has 0 amide bonds. The Morgan fingerprint density at radius 1 is 1.24 bits per heavy atom. The van der Waals surface area contributed by atoms with Crippen molar-refractivity contribution in [1.29, 1.82) is 0 Å². The minimum absolute atomic E-state index is 0.262. The number of fused-ring (bicyclic) bond motifs is 1. The highest BCUT2D eigenvalue weighted by Crippen LogP contribution is 2.29. The minimum Gasteiger partial charge on any atom is -0.377 e. The summed E-state index contributed by atoms with van der Waals surface area (Å²) >= 11 is 0. The van der Waals surface area contributed by atoms with Crippen LogP contribution in [0.4, 0.5) is 0 Å².